The standard InChI is InChI=1S/C22H24N4O6/c27-20(15-32-19-4-2-1-3-5-19)25-12-10-16(11-13-25)14-23-21(28)22(29)24-17-6-8-18(9-7-17)26(30)31/h1-9,16H,10-15H2,(H,23,28)(H,24,29). The average molecular weight is 440 g/mol. The lowest BCUT2D eigenvalue weighted by Gasteiger charge is -2.32. The lowest BCUT2D eigenvalue weighted by atomic mass is 9.96. The molecule has 10 heteroatoms. The minimum absolute atomic E-state index is 0.0196. The van der Waals surface area contributed by atoms with Gasteiger partial charge >= 0.3 is 11.8 Å². The first kappa shape index (κ1) is 22.7. The third-order valence-corrected chi connectivity index (χ3v) is 5.17. The van der Waals surface area contributed by atoms with Crippen molar-refractivity contribution in [3.8, 4) is 5.75 Å². The highest BCUT2D eigenvalue weighted by Gasteiger charge is 2.24. The Labute approximate surface area is 184 Å². The van der Waals surface area contributed by atoms with E-state index < -0.39 is 16.7 Å². The highest BCUT2D eigenvalue weighted by atomic mass is 16.6. The Morgan fingerprint density at radius 1 is 1.00 bits per heavy atom. The third kappa shape index (κ3) is 6.53. The van der Waals surface area contributed by atoms with Gasteiger partial charge in [-0.05, 0) is 43.0 Å². The summed E-state index contributed by atoms with van der Waals surface area (Å²) in [5.74, 6) is -0.905. The minimum Gasteiger partial charge on any atom is -0.484 e. The maximum atomic E-state index is 12.3. The number of nitrogens with zero attached hydrogens (tertiary/aromatic N) is 2. The number of nitrogens with one attached hydrogen (secondary N) is 2. The van der Waals surface area contributed by atoms with Crippen molar-refractivity contribution in [2.45, 2.75) is 12.8 Å². The number of nitro benzene ring substituents is 1. The Balaban J connectivity index is 1.35. The van der Waals surface area contributed by atoms with Crippen molar-refractivity contribution in [2.24, 2.45) is 5.92 Å². The summed E-state index contributed by atoms with van der Waals surface area (Å²) in [5.41, 5.74) is 0.184. The fourth-order valence-corrected chi connectivity index (χ4v) is 3.31. The number of rotatable bonds is 7. The Morgan fingerprint density at radius 2 is 1.66 bits per heavy atom. The number of carbonyl (C=O) groups is 3. The molecule has 2 aromatic carbocycles. The van der Waals surface area contributed by atoms with Gasteiger partial charge in [-0.3, -0.25) is 24.5 Å². The molecule has 2 N–H and O–H groups in total. The van der Waals surface area contributed by atoms with Crippen molar-refractivity contribution >= 4 is 29.1 Å². The molecule has 2 aromatic rings. The van der Waals surface area contributed by atoms with Crippen LogP contribution < -0.4 is 15.4 Å². The van der Waals surface area contributed by atoms with Gasteiger partial charge in [-0.25, -0.2) is 0 Å². The van der Waals surface area contributed by atoms with Gasteiger partial charge in [0, 0.05) is 37.5 Å². The zero-order chi connectivity index (χ0) is 22.9. The average Bonchev–Trinajstić information content (AvgIpc) is 2.82. The zero-order valence-corrected chi connectivity index (χ0v) is 17.4. The number of benzene rings is 2. The molecule has 32 heavy (non-hydrogen) atoms. The predicted octanol–water partition coefficient (Wildman–Crippen LogP) is 1.97. The second-order valence-corrected chi connectivity index (χ2v) is 7.39. The summed E-state index contributed by atoms with van der Waals surface area (Å²) in [4.78, 5) is 48.2. The smallest absolute Gasteiger partial charge is 0.313 e. The van der Waals surface area contributed by atoms with Crippen LogP contribution in [-0.2, 0) is 14.4 Å². The molecule has 10 nitrogen and oxygen atoms in total. The lowest BCUT2D eigenvalue weighted by molar-refractivity contribution is -0.384. The number of hydrogen-bond acceptors (Lipinski definition) is 6. The Hall–Kier alpha value is -3.95. The van der Waals surface area contributed by atoms with E-state index in [2.05, 4.69) is 10.6 Å². The van der Waals surface area contributed by atoms with Crippen molar-refractivity contribution in [3.63, 3.8) is 0 Å². The number of amides is 3. The summed E-state index contributed by atoms with van der Waals surface area (Å²) in [6, 6.07) is 14.3. The zero-order valence-electron chi connectivity index (χ0n) is 17.4. The maximum absolute atomic E-state index is 12.3. The van der Waals surface area contributed by atoms with Crippen LogP contribution in [0.5, 0.6) is 5.75 Å². The first-order valence-electron chi connectivity index (χ1n) is 10.2. The van der Waals surface area contributed by atoms with Gasteiger partial charge in [0.25, 0.3) is 11.6 Å². The van der Waals surface area contributed by atoms with Crippen LogP contribution in [0.4, 0.5) is 11.4 Å². The third-order valence-electron chi connectivity index (χ3n) is 5.17. The summed E-state index contributed by atoms with van der Waals surface area (Å²) in [5, 5.41) is 15.7. The van der Waals surface area contributed by atoms with Crippen molar-refractivity contribution in [2.75, 3.05) is 31.6 Å². The van der Waals surface area contributed by atoms with E-state index in [4.69, 9.17) is 4.74 Å². The van der Waals surface area contributed by atoms with Crippen molar-refractivity contribution < 1.29 is 24.0 Å². The molecule has 0 aromatic heterocycles. The molecule has 0 radical (unpaired) electrons. The molecule has 0 unspecified atom stereocenters. The van der Waals surface area contributed by atoms with Crippen LogP contribution in [0.3, 0.4) is 0 Å². The lowest BCUT2D eigenvalue weighted by Crippen LogP contribution is -2.44. The van der Waals surface area contributed by atoms with Crippen LogP contribution in [0.25, 0.3) is 0 Å². The predicted molar refractivity (Wildman–Crippen MR) is 116 cm³/mol. The number of hydrogen-bond donors (Lipinski definition) is 2. The molecule has 3 rings (SSSR count). The molecular formula is C22H24N4O6. The van der Waals surface area contributed by atoms with Gasteiger partial charge in [-0.1, -0.05) is 18.2 Å². The Morgan fingerprint density at radius 3 is 2.28 bits per heavy atom. The summed E-state index contributed by atoms with van der Waals surface area (Å²) < 4.78 is 5.49. The van der Waals surface area contributed by atoms with Crippen LogP contribution in [0.2, 0.25) is 0 Å². The minimum atomic E-state index is -0.843. The molecule has 0 bridgehead atoms. The second-order valence-electron chi connectivity index (χ2n) is 7.39. The summed E-state index contributed by atoms with van der Waals surface area (Å²) in [6.07, 6.45) is 1.42. The summed E-state index contributed by atoms with van der Waals surface area (Å²) in [6.45, 7) is 1.43. The summed E-state index contributed by atoms with van der Waals surface area (Å²) >= 11 is 0. The maximum Gasteiger partial charge on any atom is 0.313 e. The van der Waals surface area contributed by atoms with Crippen molar-refractivity contribution in [1.29, 1.82) is 0 Å². The van der Waals surface area contributed by atoms with Gasteiger partial charge in [0.1, 0.15) is 5.75 Å². The Kier molecular flexibility index (Phi) is 7.74. The fraction of sp³-hybridized carbons (Fsp3) is 0.318. The van der Waals surface area contributed by atoms with Gasteiger partial charge in [0.15, 0.2) is 6.61 Å². The molecule has 1 fully saturated rings. The highest BCUT2D eigenvalue weighted by molar-refractivity contribution is 6.39. The van der Waals surface area contributed by atoms with E-state index in [1.54, 1.807) is 17.0 Å². The van der Waals surface area contributed by atoms with Gasteiger partial charge in [-0.15, -0.1) is 0 Å². The Bertz CT molecular complexity index is 956. The topological polar surface area (TPSA) is 131 Å². The van der Waals surface area contributed by atoms with E-state index in [9.17, 15) is 24.5 Å². The molecular weight excluding hydrogens is 416 g/mol. The molecule has 0 aliphatic carbocycles. The largest absolute Gasteiger partial charge is 0.484 e. The molecule has 1 aliphatic rings. The molecule has 3 amide bonds. The van der Waals surface area contributed by atoms with Gasteiger partial charge in [-0.2, -0.15) is 0 Å². The van der Waals surface area contributed by atoms with E-state index in [0.29, 0.717) is 43.9 Å². The number of likely N-dealkylation sites (tertiary alicyclic amines) is 1. The SMILES string of the molecule is O=C(NCC1CCN(C(=O)COc2ccccc2)CC1)C(=O)Nc1ccc([N+](=O)[O-])cc1. The van der Waals surface area contributed by atoms with E-state index in [0.717, 1.165) is 0 Å². The summed E-state index contributed by atoms with van der Waals surface area (Å²) in [7, 11) is 0. The monoisotopic (exact) mass is 440 g/mol. The first-order valence-corrected chi connectivity index (χ1v) is 10.2. The number of carbonyl (C=O) groups excluding carboxylic acids is 3. The molecule has 0 atom stereocenters. The molecule has 0 saturated carbocycles. The van der Waals surface area contributed by atoms with Gasteiger partial charge in [0.2, 0.25) is 0 Å². The highest BCUT2D eigenvalue weighted by Crippen LogP contribution is 2.18. The molecule has 0 spiro atoms. The normalized spacial score (nSPS) is 13.8. The van der Waals surface area contributed by atoms with Crippen molar-refractivity contribution in [1.82, 2.24) is 10.2 Å². The quantitative estimate of drug-likeness (QED) is 0.384. The van der Waals surface area contributed by atoms with Crippen LogP contribution in [-0.4, -0.2) is 53.8 Å². The number of ether oxygens (including phenoxy) is 1. The van der Waals surface area contributed by atoms with Gasteiger partial charge in [0.05, 0.1) is 4.92 Å². The van der Waals surface area contributed by atoms with Crippen LogP contribution in [0.15, 0.2) is 54.6 Å². The number of non-ortho nitro benzene ring substituents is 1. The van der Waals surface area contributed by atoms with E-state index in [-0.39, 0.29) is 24.1 Å². The molecule has 1 heterocycles. The van der Waals surface area contributed by atoms with Crippen LogP contribution in [0.1, 0.15) is 12.8 Å². The van der Waals surface area contributed by atoms with Crippen molar-refractivity contribution in [3.05, 3.63) is 64.7 Å². The first-order chi connectivity index (χ1) is 15.4. The van der Waals surface area contributed by atoms with E-state index >= 15 is 0 Å². The number of piperidine rings is 1. The molecule has 1 aliphatic heterocycles. The van der Waals surface area contributed by atoms with Gasteiger partial charge < -0.3 is 20.3 Å². The molecule has 168 valence electrons. The van der Waals surface area contributed by atoms with E-state index in [1.165, 1.54) is 24.3 Å². The second kappa shape index (κ2) is 10.9. The number of para-hydroxylation sites is 1. The van der Waals surface area contributed by atoms with Crippen LogP contribution >= 0.6 is 0 Å². The number of anilines is 1. The fourth-order valence-electron chi connectivity index (χ4n) is 3.31. The molecule has 1 saturated heterocycles. The van der Waals surface area contributed by atoms with E-state index in [1.807, 2.05) is 18.2 Å². The van der Waals surface area contributed by atoms with Crippen LogP contribution in [0, 0.1) is 16.0 Å². The number of nitro groups is 1.